The standard InChI is InChI=1S/C11H16N2O4/c1-15-7-4-8(16-2)11(9(5-7)17-3)13-10(14)6-12/h4-5H,6,12H2,1-3H3,(H,13,14). The minimum atomic E-state index is -0.327. The molecule has 1 amide bonds. The lowest BCUT2D eigenvalue weighted by molar-refractivity contribution is -0.114. The molecule has 1 aromatic rings. The Bertz CT molecular complexity index is 381. The number of anilines is 1. The number of carbonyl (C=O) groups excluding carboxylic acids is 1. The van der Waals surface area contributed by atoms with Crippen molar-refractivity contribution in [2.45, 2.75) is 0 Å². The number of amides is 1. The first kappa shape index (κ1) is 13.1. The van der Waals surface area contributed by atoms with Crippen LogP contribution in [0.3, 0.4) is 0 Å². The Balaban J connectivity index is 3.19. The highest BCUT2D eigenvalue weighted by molar-refractivity contribution is 5.95. The predicted molar refractivity (Wildman–Crippen MR) is 63.8 cm³/mol. The molecule has 1 aromatic carbocycles. The van der Waals surface area contributed by atoms with E-state index in [4.69, 9.17) is 19.9 Å². The smallest absolute Gasteiger partial charge is 0.238 e. The number of hydrogen-bond donors (Lipinski definition) is 2. The molecule has 0 unspecified atom stereocenters. The third kappa shape index (κ3) is 3.01. The fourth-order valence-corrected chi connectivity index (χ4v) is 1.32. The Morgan fingerprint density at radius 3 is 2.06 bits per heavy atom. The summed E-state index contributed by atoms with van der Waals surface area (Å²) in [6, 6.07) is 3.29. The number of carbonyl (C=O) groups is 1. The summed E-state index contributed by atoms with van der Waals surface area (Å²) >= 11 is 0. The van der Waals surface area contributed by atoms with Crippen LogP contribution in [0.5, 0.6) is 17.2 Å². The number of benzene rings is 1. The van der Waals surface area contributed by atoms with Crippen LogP contribution in [0.25, 0.3) is 0 Å². The molecule has 0 radical (unpaired) electrons. The van der Waals surface area contributed by atoms with Gasteiger partial charge in [-0.15, -0.1) is 0 Å². The van der Waals surface area contributed by atoms with Gasteiger partial charge in [0.2, 0.25) is 5.91 Å². The van der Waals surface area contributed by atoms with Gasteiger partial charge in [0.05, 0.1) is 27.9 Å². The van der Waals surface area contributed by atoms with E-state index in [1.165, 1.54) is 21.3 Å². The van der Waals surface area contributed by atoms with E-state index in [-0.39, 0.29) is 12.5 Å². The lowest BCUT2D eigenvalue weighted by atomic mass is 10.2. The van der Waals surface area contributed by atoms with Gasteiger partial charge in [-0.25, -0.2) is 0 Å². The Labute approximate surface area is 99.6 Å². The number of rotatable bonds is 5. The zero-order valence-electron chi connectivity index (χ0n) is 10.1. The molecule has 94 valence electrons. The van der Waals surface area contributed by atoms with E-state index in [0.29, 0.717) is 22.9 Å². The van der Waals surface area contributed by atoms with Crippen LogP contribution < -0.4 is 25.3 Å². The molecule has 0 aliphatic heterocycles. The summed E-state index contributed by atoms with van der Waals surface area (Å²) in [4.78, 5) is 11.3. The summed E-state index contributed by atoms with van der Waals surface area (Å²) in [5.41, 5.74) is 5.68. The maximum atomic E-state index is 11.3. The lowest BCUT2D eigenvalue weighted by Crippen LogP contribution is -2.22. The highest BCUT2D eigenvalue weighted by Gasteiger charge is 2.14. The zero-order chi connectivity index (χ0) is 12.8. The number of ether oxygens (including phenoxy) is 3. The molecule has 0 aromatic heterocycles. The fraction of sp³-hybridized carbons (Fsp3) is 0.364. The van der Waals surface area contributed by atoms with Gasteiger partial charge >= 0.3 is 0 Å². The normalized spacial score (nSPS) is 9.65. The maximum absolute atomic E-state index is 11.3. The summed E-state index contributed by atoms with van der Waals surface area (Å²) in [6.45, 7) is -0.113. The highest BCUT2D eigenvalue weighted by atomic mass is 16.5. The summed E-state index contributed by atoms with van der Waals surface area (Å²) < 4.78 is 15.4. The van der Waals surface area contributed by atoms with E-state index in [1.54, 1.807) is 12.1 Å². The maximum Gasteiger partial charge on any atom is 0.238 e. The second-order valence-corrected chi connectivity index (χ2v) is 3.16. The predicted octanol–water partition coefficient (Wildman–Crippen LogP) is 0.610. The van der Waals surface area contributed by atoms with Crippen LogP contribution in [0.15, 0.2) is 12.1 Å². The van der Waals surface area contributed by atoms with Gasteiger partial charge in [-0.05, 0) is 0 Å². The van der Waals surface area contributed by atoms with Crippen molar-refractivity contribution in [2.75, 3.05) is 33.2 Å². The minimum absolute atomic E-state index is 0.113. The van der Waals surface area contributed by atoms with Crippen LogP contribution in [0.4, 0.5) is 5.69 Å². The quantitative estimate of drug-likeness (QED) is 0.788. The molecule has 0 aliphatic rings. The van der Waals surface area contributed by atoms with Crippen molar-refractivity contribution in [1.82, 2.24) is 0 Å². The third-order valence-electron chi connectivity index (χ3n) is 2.16. The van der Waals surface area contributed by atoms with E-state index in [9.17, 15) is 4.79 Å². The molecule has 17 heavy (non-hydrogen) atoms. The Morgan fingerprint density at radius 1 is 1.18 bits per heavy atom. The van der Waals surface area contributed by atoms with Crippen molar-refractivity contribution in [2.24, 2.45) is 5.73 Å². The SMILES string of the molecule is COc1cc(OC)c(NC(=O)CN)c(OC)c1. The fourth-order valence-electron chi connectivity index (χ4n) is 1.32. The van der Waals surface area contributed by atoms with Crippen molar-refractivity contribution in [3.63, 3.8) is 0 Å². The third-order valence-corrected chi connectivity index (χ3v) is 2.16. The van der Waals surface area contributed by atoms with Gasteiger partial charge in [0, 0.05) is 12.1 Å². The van der Waals surface area contributed by atoms with Gasteiger partial charge in [-0.2, -0.15) is 0 Å². The molecule has 0 aliphatic carbocycles. The largest absolute Gasteiger partial charge is 0.496 e. The first-order valence-electron chi connectivity index (χ1n) is 4.96. The summed E-state index contributed by atoms with van der Waals surface area (Å²) in [5, 5.41) is 2.61. The van der Waals surface area contributed by atoms with Gasteiger partial charge in [-0.3, -0.25) is 4.79 Å². The van der Waals surface area contributed by atoms with Gasteiger partial charge in [0.15, 0.2) is 0 Å². The molecule has 6 nitrogen and oxygen atoms in total. The van der Waals surface area contributed by atoms with Crippen molar-refractivity contribution in [1.29, 1.82) is 0 Å². The molecule has 0 saturated heterocycles. The van der Waals surface area contributed by atoms with Crippen molar-refractivity contribution >= 4 is 11.6 Å². The Hall–Kier alpha value is -1.95. The Morgan fingerprint density at radius 2 is 1.71 bits per heavy atom. The number of nitrogens with two attached hydrogens (primary N) is 1. The number of nitrogens with one attached hydrogen (secondary N) is 1. The van der Waals surface area contributed by atoms with Gasteiger partial charge in [-0.1, -0.05) is 0 Å². The zero-order valence-corrected chi connectivity index (χ0v) is 10.1. The van der Waals surface area contributed by atoms with E-state index < -0.39 is 0 Å². The monoisotopic (exact) mass is 240 g/mol. The van der Waals surface area contributed by atoms with Crippen molar-refractivity contribution in [3.05, 3.63) is 12.1 Å². The van der Waals surface area contributed by atoms with E-state index in [1.807, 2.05) is 0 Å². The molecular formula is C11H16N2O4. The Kier molecular flexibility index (Phi) is 4.59. The molecule has 0 atom stereocenters. The van der Waals surface area contributed by atoms with Gasteiger partial charge in [0.1, 0.15) is 22.9 Å². The van der Waals surface area contributed by atoms with Crippen LogP contribution in [0.1, 0.15) is 0 Å². The summed E-state index contributed by atoms with van der Waals surface area (Å²) in [6.07, 6.45) is 0. The van der Waals surface area contributed by atoms with Crippen molar-refractivity contribution in [3.8, 4) is 17.2 Å². The molecule has 3 N–H and O–H groups in total. The van der Waals surface area contributed by atoms with Crippen LogP contribution in [-0.2, 0) is 4.79 Å². The molecule has 0 saturated carbocycles. The molecule has 0 heterocycles. The summed E-state index contributed by atoms with van der Waals surface area (Å²) in [5.74, 6) is 1.14. The highest BCUT2D eigenvalue weighted by Crippen LogP contribution is 2.38. The average molecular weight is 240 g/mol. The summed E-state index contributed by atoms with van der Waals surface area (Å²) in [7, 11) is 4.52. The van der Waals surface area contributed by atoms with Gasteiger partial charge in [0.25, 0.3) is 0 Å². The van der Waals surface area contributed by atoms with Crippen LogP contribution >= 0.6 is 0 Å². The number of hydrogen-bond acceptors (Lipinski definition) is 5. The first-order chi connectivity index (χ1) is 8.15. The second-order valence-electron chi connectivity index (χ2n) is 3.16. The first-order valence-corrected chi connectivity index (χ1v) is 4.96. The molecule has 1 rings (SSSR count). The van der Waals surface area contributed by atoms with E-state index in [0.717, 1.165) is 0 Å². The van der Waals surface area contributed by atoms with E-state index in [2.05, 4.69) is 5.32 Å². The number of methoxy groups -OCH3 is 3. The second kappa shape index (κ2) is 5.95. The average Bonchev–Trinajstić information content (AvgIpc) is 2.38. The topological polar surface area (TPSA) is 82.8 Å². The van der Waals surface area contributed by atoms with Crippen LogP contribution in [0.2, 0.25) is 0 Å². The van der Waals surface area contributed by atoms with E-state index >= 15 is 0 Å². The minimum Gasteiger partial charge on any atom is -0.496 e. The molecular weight excluding hydrogens is 224 g/mol. The molecule has 0 fully saturated rings. The van der Waals surface area contributed by atoms with Gasteiger partial charge < -0.3 is 25.3 Å². The molecule has 6 heteroatoms. The molecule has 0 spiro atoms. The molecule has 0 bridgehead atoms. The van der Waals surface area contributed by atoms with Crippen LogP contribution in [-0.4, -0.2) is 33.8 Å². The lowest BCUT2D eigenvalue weighted by Gasteiger charge is -2.15. The van der Waals surface area contributed by atoms with Crippen LogP contribution in [0, 0.1) is 0 Å². The van der Waals surface area contributed by atoms with Crippen molar-refractivity contribution < 1.29 is 19.0 Å².